The van der Waals surface area contributed by atoms with Gasteiger partial charge in [-0.15, -0.1) is 0 Å². The third-order valence-electron chi connectivity index (χ3n) is 5.70. The predicted octanol–water partition coefficient (Wildman–Crippen LogP) is 3.52. The molecule has 0 saturated heterocycles. The van der Waals surface area contributed by atoms with Crippen LogP contribution in [0.5, 0.6) is 0 Å². The number of aromatic nitrogens is 1. The number of fused-ring (bicyclic) bond motifs is 1. The van der Waals surface area contributed by atoms with Crippen LogP contribution in [0.1, 0.15) is 29.0 Å². The SMILES string of the molecule is Cc1cc2c(C)cn(CCO)c2cc1NC(=O)C1=CNC(=O)C[C@H]1c1ccc(F)cc1. The first kappa shape index (κ1) is 20.8. The van der Waals surface area contributed by atoms with Crippen molar-refractivity contribution >= 4 is 28.4 Å². The maximum absolute atomic E-state index is 13.3. The van der Waals surface area contributed by atoms with E-state index < -0.39 is 5.92 Å². The molecule has 2 aromatic carbocycles. The van der Waals surface area contributed by atoms with E-state index in [1.54, 1.807) is 12.1 Å². The van der Waals surface area contributed by atoms with Crippen molar-refractivity contribution in [3.05, 3.63) is 76.9 Å². The van der Waals surface area contributed by atoms with E-state index in [-0.39, 0.29) is 30.7 Å². The van der Waals surface area contributed by atoms with Gasteiger partial charge in [-0.3, -0.25) is 9.59 Å². The molecule has 0 bridgehead atoms. The normalized spacial score (nSPS) is 16.2. The summed E-state index contributed by atoms with van der Waals surface area (Å²) in [5.74, 6) is -1.35. The summed E-state index contributed by atoms with van der Waals surface area (Å²) in [6.45, 7) is 4.42. The lowest BCUT2D eigenvalue weighted by Crippen LogP contribution is -2.32. The number of halogens is 1. The molecule has 0 spiro atoms. The van der Waals surface area contributed by atoms with E-state index in [0.29, 0.717) is 23.4 Å². The summed E-state index contributed by atoms with van der Waals surface area (Å²) in [6.07, 6.45) is 3.53. The second-order valence-corrected chi connectivity index (χ2v) is 7.84. The second kappa shape index (κ2) is 8.35. The number of aryl methyl sites for hydroxylation is 2. The highest BCUT2D eigenvalue weighted by Gasteiger charge is 2.29. The van der Waals surface area contributed by atoms with Gasteiger partial charge in [-0.2, -0.15) is 0 Å². The lowest BCUT2D eigenvalue weighted by atomic mass is 9.86. The third kappa shape index (κ3) is 4.09. The Balaban J connectivity index is 1.66. The Morgan fingerprint density at radius 3 is 2.68 bits per heavy atom. The largest absolute Gasteiger partial charge is 0.395 e. The number of hydrogen-bond acceptors (Lipinski definition) is 3. The van der Waals surface area contributed by atoms with Gasteiger partial charge in [0.05, 0.1) is 12.1 Å². The third-order valence-corrected chi connectivity index (χ3v) is 5.70. The number of carbonyl (C=O) groups excluding carboxylic acids is 2. The summed E-state index contributed by atoms with van der Waals surface area (Å²) < 4.78 is 15.3. The van der Waals surface area contributed by atoms with Crippen LogP contribution >= 0.6 is 0 Å². The zero-order valence-electron chi connectivity index (χ0n) is 17.4. The van der Waals surface area contributed by atoms with Gasteiger partial charge in [0, 0.05) is 47.9 Å². The predicted molar refractivity (Wildman–Crippen MR) is 117 cm³/mol. The number of anilines is 1. The minimum atomic E-state index is -0.459. The summed E-state index contributed by atoms with van der Waals surface area (Å²) in [4.78, 5) is 25.1. The van der Waals surface area contributed by atoms with Gasteiger partial charge in [0.2, 0.25) is 5.91 Å². The van der Waals surface area contributed by atoms with Crippen molar-refractivity contribution in [3.63, 3.8) is 0 Å². The quantitative estimate of drug-likeness (QED) is 0.590. The zero-order valence-corrected chi connectivity index (χ0v) is 17.4. The molecule has 4 rings (SSSR count). The van der Waals surface area contributed by atoms with Crippen LogP contribution in [0.15, 0.2) is 54.4 Å². The molecule has 3 aromatic rings. The Morgan fingerprint density at radius 2 is 1.97 bits per heavy atom. The molecular formula is C24H24FN3O3. The first-order valence-electron chi connectivity index (χ1n) is 10.1. The van der Waals surface area contributed by atoms with Crippen molar-refractivity contribution in [2.75, 3.05) is 11.9 Å². The summed E-state index contributed by atoms with van der Waals surface area (Å²) in [5, 5.41) is 16.0. The Morgan fingerprint density at radius 1 is 1.23 bits per heavy atom. The van der Waals surface area contributed by atoms with Crippen LogP contribution in [0.4, 0.5) is 10.1 Å². The maximum Gasteiger partial charge on any atom is 0.253 e. The molecule has 0 radical (unpaired) electrons. The van der Waals surface area contributed by atoms with Gasteiger partial charge < -0.3 is 20.3 Å². The Bertz CT molecular complexity index is 1190. The van der Waals surface area contributed by atoms with E-state index in [4.69, 9.17) is 0 Å². The zero-order chi connectivity index (χ0) is 22.1. The molecular weight excluding hydrogens is 397 g/mol. The number of nitrogens with one attached hydrogen (secondary N) is 2. The standard InChI is InChI=1S/C24H24FN3O3/c1-14-9-18-15(2)13-28(7-8-29)22(18)11-21(14)27-24(31)20-12-26-23(30)10-19(20)16-3-5-17(25)6-4-16/h3-6,9,11-13,19,29H,7-8,10H2,1-2H3,(H,26,30)(H,27,31)/t19-/m0/s1. The number of benzene rings is 2. The number of aliphatic hydroxyl groups is 1. The number of amides is 2. The molecule has 2 heterocycles. The summed E-state index contributed by atoms with van der Waals surface area (Å²) in [7, 11) is 0. The Hall–Kier alpha value is -3.45. The highest BCUT2D eigenvalue weighted by Crippen LogP contribution is 2.32. The van der Waals surface area contributed by atoms with E-state index >= 15 is 0 Å². The average Bonchev–Trinajstić information content (AvgIpc) is 3.03. The number of carbonyl (C=O) groups is 2. The van der Waals surface area contributed by atoms with Crippen molar-refractivity contribution in [1.29, 1.82) is 0 Å². The molecule has 160 valence electrons. The van der Waals surface area contributed by atoms with Crippen LogP contribution in [0, 0.1) is 19.7 Å². The van der Waals surface area contributed by atoms with Gasteiger partial charge in [-0.1, -0.05) is 12.1 Å². The molecule has 1 aromatic heterocycles. The van der Waals surface area contributed by atoms with Gasteiger partial charge >= 0.3 is 0 Å². The molecule has 1 aliphatic heterocycles. The number of hydrogen-bond donors (Lipinski definition) is 3. The minimum Gasteiger partial charge on any atom is -0.395 e. The molecule has 0 aliphatic carbocycles. The Labute approximate surface area is 179 Å². The molecule has 6 nitrogen and oxygen atoms in total. The first-order valence-corrected chi connectivity index (χ1v) is 10.1. The molecule has 1 atom stereocenters. The van der Waals surface area contributed by atoms with Gasteiger partial charge in [-0.25, -0.2) is 4.39 Å². The second-order valence-electron chi connectivity index (χ2n) is 7.84. The van der Waals surface area contributed by atoms with Gasteiger partial charge in [0.15, 0.2) is 0 Å². The monoisotopic (exact) mass is 421 g/mol. The minimum absolute atomic E-state index is 0.0186. The highest BCUT2D eigenvalue weighted by molar-refractivity contribution is 6.07. The van der Waals surface area contributed by atoms with Crippen LogP contribution in [0.2, 0.25) is 0 Å². The van der Waals surface area contributed by atoms with E-state index in [1.165, 1.54) is 18.3 Å². The molecule has 31 heavy (non-hydrogen) atoms. The Kier molecular flexibility index (Phi) is 5.61. The number of rotatable bonds is 5. The van der Waals surface area contributed by atoms with E-state index in [2.05, 4.69) is 10.6 Å². The number of aliphatic hydroxyl groups excluding tert-OH is 1. The summed E-state index contributed by atoms with van der Waals surface area (Å²) in [6, 6.07) is 9.77. The molecule has 3 N–H and O–H groups in total. The van der Waals surface area contributed by atoms with Gasteiger partial charge in [0.1, 0.15) is 5.82 Å². The average molecular weight is 421 g/mol. The molecule has 0 saturated carbocycles. The highest BCUT2D eigenvalue weighted by atomic mass is 19.1. The van der Waals surface area contributed by atoms with Crippen molar-refractivity contribution in [1.82, 2.24) is 9.88 Å². The van der Waals surface area contributed by atoms with Crippen molar-refractivity contribution in [2.24, 2.45) is 0 Å². The van der Waals surface area contributed by atoms with Crippen molar-refractivity contribution in [3.8, 4) is 0 Å². The van der Waals surface area contributed by atoms with E-state index in [1.807, 2.05) is 36.7 Å². The van der Waals surface area contributed by atoms with Crippen LogP contribution in [-0.4, -0.2) is 28.1 Å². The fourth-order valence-corrected chi connectivity index (χ4v) is 4.07. The molecule has 0 unspecified atom stereocenters. The fourth-order valence-electron chi connectivity index (χ4n) is 4.07. The van der Waals surface area contributed by atoms with E-state index in [0.717, 1.165) is 22.0 Å². The first-order chi connectivity index (χ1) is 14.9. The van der Waals surface area contributed by atoms with E-state index in [9.17, 15) is 19.1 Å². The molecule has 7 heteroatoms. The number of nitrogens with zero attached hydrogens (tertiary/aromatic N) is 1. The van der Waals surface area contributed by atoms with Gasteiger partial charge in [0.25, 0.3) is 5.91 Å². The summed E-state index contributed by atoms with van der Waals surface area (Å²) >= 11 is 0. The van der Waals surface area contributed by atoms with Crippen molar-refractivity contribution < 1.29 is 19.1 Å². The fraction of sp³-hybridized carbons (Fsp3) is 0.250. The maximum atomic E-state index is 13.3. The van der Waals surface area contributed by atoms with Crippen LogP contribution < -0.4 is 10.6 Å². The molecule has 2 amide bonds. The van der Waals surface area contributed by atoms with Crippen molar-refractivity contribution in [2.45, 2.75) is 32.7 Å². The van der Waals surface area contributed by atoms with Crippen LogP contribution in [-0.2, 0) is 16.1 Å². The van der Waals surface area contributed by atoms with Crippen LogP contribution in [0.3, 0.4) is 0 Å². The summed E-state index contributed by atoms with van der Waals surface area (Å²) in [5.41, 5.74) is 4.70. The topological polar surface area (TPSA) is 83.4 Å². The van der Waals surface area contributed by atoms with Crippen LogP contribution in [0.25, 0.3) is 10.9 Å². The molecule has 0 fully saturated rings. The lowest BCUT2D eigenvalue weighted by Gasteiger charge is -2.24. The van der Waals surface area contributed by atoms with Gasteiger partial charge in [-0.05, 0) is 54.8 Å². The lowest BCUT2D eigenvalue weighted by molar-refractivity contribution is -0.121. The smallest absolute Gasteiger partial charge is 0.253 e. The molecule has 1 aliphatic rings.